The second-order valence-corrected chi connectivity index (χ2v) is 8.86. The fourth-order valence-electron chi connectivity index (χ4n) is 4.96. The molecule has 2 aliphatic heterocycles. The van der Waals surface area contributed by atoms with E-state index in [-0.39, 0.29) is 24.3 Å². The molecule has 8 heteroatoms. The van der Waals surface area contributed by atoms with Crippen LogP contribution < -0.4 is 16.0 Å². The van der Waals surface area contributed by atoms with E-state index in [2.05, 4.69) is 16.0 Å². The lowest BCUT2D eigenvalue weighted by Crippen LogP contribution is -2.60. The predicted octanol–water partition coefficient (Wildman–Crippen LogP) is 1.18. The summed E-state index contributed by atoms with van der Waals surface area (Å²) in [6.07, 6.45) is 4.71. The highest BCUT2D eigenvalue weighted by molar-refractivity contribution is 6.07. The Balaban J connectivity index is 1.39. The Bertz CT molecular complexity index is 872. The van der Waals surface area contributed by atoms with Gasteiger partial charge >= 0.3 is 0 Å². The smallest absolute Gasteiger partial charge is 0.255 e. The van der Waals surface area contributed by atoms with E-state index in [4.69, 9.17) is 0 Å². The normalized spacial score (nSPS) is 22.6. The van der Waals surface area contributed by atoms with Gasteiger partial charge in [0.25, 0.3) is 5.91 Å². The molecule has 0 aromatic heterocycles. The van der Waals surface area contributed by atoms with Crippen molar-refractivity contribution in [3.05, 3.63) is 29.3 Å². The number of nitrogens with one attached hydrogen (secondary N) is 3. The minimum Gasteiger partial charge on any atom is -0.384 e. The molecule has 3 fully saturated rings. The Morgan fingerprint density at radius 1 is 1.30 bits per heavy atom. The van der Waals surface area contributed by atoms with Crippen LogP contribution in [0.2, 0.25) is 0 Å². The Morgan fingerprint density at radius 2 is 2.07 bits per heavy atom. The van der Waals surface area contributed by atoms with Crippen molar-refractivity contribution in [3.8, 4) is 0 Å². The molecular weight excluding hydrogens is 384 g/mol. The van der Waals surface area contributed by atoms with Crippen LogP contribution >= 0.6 is 0 Å². The van der Waals surface area contributed by atoms with Gasteiger partial charge in [-0.25, -0.2) is 0 Å². The minimum atomic E-state index is -0.724. The van der Waals surface area contributed by atoms with Gasteiger partial charge < -0.3 is 15.5 Å². The molecule has 1 aromatic rings. The van der Waals surface area contributed by atoms with Crippen molar-refractivity contribution in [1.82, 2.24) is 15.5 Å². The predicted molar refractivity (Wildman–Crippen MR) is 111 cm³/mol. The van der Waals surface area contributed by atoms with Crippen molar-refractivity contribution in [3.63, 3.8) is 0 Å². The van der Waals surface area contributed by atoms with Crippen molar-refractivity contribution >= 4 is 29.7 Å². The van der Waals surface area contributed by atoms with E-state index in [0.29, 0.717) is 28.9 Å². The summed E-state index contributed by atoms with van der Waals surface area (Å²) in [6.45, 7) is 3.02. The quantitative estimate of drug-likeness (QED) is 0.459. The minimum absolute atomic E-state index is 0.189. The number of nitrogens with zero attached hydrogens (tertiary/aromatic N) is 1. The maximum Gasteiger partial charge on any atom is 0.255 e. The number of hydrogen-bond donors (Lipinski definition) is 3. The van der Waals surface area contributed by atoms with E-state index in [0.717, 1.165) is 26.1 Å². The standard InChI is InChI=1S/C22H28N4O4/c1-26(18-5-6-19(28)25-20(18)29)21(30)15-3-2-4-17(16(15)11-27)24-8-7-14-9-22(10-14)12-23-13-22/h2-4,11,14,18,23-24H,5-10,12-13H2,1H3,(H,25,28,29). The molecule has 30 heavy (non-hydrogen) atoms. The molecule has 8 nitrogen and oxygen atoms in total. The summed E-state index contributed by atoms with van der Waals surface area (Å²) in [5.41, 5.74) is 1.73. The van der Waals surface area contributed by atoms with Crippen LogP contribution in [0.3, 0.4) is 0 Å². The first kappa shape index (κ1) is 20.5. The first-order valence-corrected chi connectivity index (χ1v) is 10.6. The van der Waals surface area contributed by atoms with Gasteiger partial charge in [-0.2, -0.15) is 0 Å². The van der Waals surface area contributed by atoms with Gasteiger partial charge in [-0.15, -0.1) is 0 Å². The lowest BCUT2D eigenvalue weighted by Gasteiger charge is -2.54. The second kappa shape index (κ2) is 8.18. The molecule has 1 aliphatic carbocycles. The SMILES string of the molecule is CN(C(=O)c1cccc(NCCC2CC3(CNC3)C2)c1C=O)C1CCC(=O)NC1=O. The van der Waals surface area contributed by atoms with Crippen LogP contribution in [-0.2, 0) is 9.59 Å². The Labute approximate surface area is 175 Å². The van der Waals surface area contributed by atoms with Crippen LogP contribution in [0.15, 0.2) is 18.2 Å². The van der Waals surface area contributed by atoms with Gasteiger partial charge in [0.15, 0.2) is 6.29 Å². The van der Waals surface area contributed by atoms with Gasteiger partial charge in [0, 0.05) is 38.8 Å². The second-order valence-electron chi connectivity index (χ2n) is 8.86. The first-order valence-electron chi connectivity index (χ1n) is 10.6. The topological polar surface area (TPSA) is 108 Å². The van der Waals surface area contributed by atoms with Crippen LogP contribution in [0, 0.1) is 11.3 Å². The number of carbonyl (C=O) groups is 4. The third kappa shape index (κ3) is 3.84. The van der Waals surface area contributed by atoms with Gasteiger partial charge in [0.1, 0.15) is 6.04 Å². The number of piperidine rings is 1. The maximum atomic E-state index is 13.0. The maximum absolute atomic E-state index is 13.0. The van der Waals surface area contributed by atoms with Crippen LogP contribution in [-0.4, -0.2) is 61.6 Å². The number of aldehydes is 1. The molecule has 3 aliphatic rings. The Hall–Kier alpha value is -2.74. The monoisotopic (exact) mass is 412 g/mol. The molecule has 1 saturated carbocycles. The van der Waals surface area contributed by atoms with Crippen LogP contribution in [0.1, 0.15) is 52.8 Å². The first-order chi connectivity index (χ1) is 14.4. The molecule has 1 atom stereocenters. The van der Waals surface area contributed by atoms with E-state index in [1.165, 1.54) is 24.8 Å². The Kier molecular flexibility index (Phi) is 5.60. The van der Waals surface area contributed by atoms with Crippen molar-refractivity contribution < 1.29 is 19.2 Å². The highest BCUT2D eigenvalue weighted by Crippen LogP contribution is 2.49. The molecule has 2 heterocycles. The summed E-state index contributed by atoms with van der Waals surface area (Å²) in [6, 6.07) is 4.40. The van der Waals surface area contributed by atoms with E-state index in [9.17, 15) is 19.2 Å². The summed E-state index contributed by atoms with van der Waals surface area (Å²) >= 11 is 0. The summed E-state index contributed by atoms with van der Waals surface area (Å²) in [4.78, 5) is 49.6. The summed E-state index contributed by atoms with van der Waals surface area (Å²) in [7, 11) is 1.53. The largest absolute Gasteiger partial charge is 0.384 e. The number of carbonyl (C=O) groups excluding carboxylic acids is 4. The number of imide groups is 1. The number of amides is 3. The van der Waals surface area contributed by atoms with Crippen molar-refractivity contribution in [2.45, 2.75) is 38.1 Å². The number of benzene rings is 1. The fraction of sp³-hybridized carbons (Fsp3) is 0.545. The lowest BCUT2D eigenvalue weighted by molar-refractivity contribution is -0.136. The van der Waals surface area contributed by atoms with Gasteiger partial charge in [-0.05, 0) is 49.1 Å². The van der Waals surface area contributed by atoms with Gasteiger partial charge in [-0.3, -0.25) is 24.5 Å². The summed E-state index contributed by atoms with van der Waals surface area (Å²) in [5, 5.41) is 8.92. The average molecular weight is 412 g/mol. The zero-order valence-electron chi connectivity index (χ0n) is 17.2. The zero-order chi connectivity index (χ0) is 21.3. The molecule has 1 unspecified atom stereocenters. The lowest BCUT2D eigenvalue weighted by atomic mass is 9.58. The fourth-order valence-corrected chi connectivity index (χ4v) is 4.96. The molecule has 0 radical (unpaired) electrons. The number of hydrogen-bond acceptors (Lipinski definition) is 6. The van der Waals surface area contributed by atoms with Crippen molar-refractivity contribution in [2.75, 3.05) is 32.0 Å². The van der Waals surface area contributed by atoms with Crippen LogP contribution in [0.5, 0.6) is 0 Å². The molecule has 1 spiro atoms. The Morgan fingerprint density at radius 3 is 2.70 bits per heavy atom. The molecule has 1 aromatic carbocycles. The molecule has 3 N–H and O–H groups in total. The molecule has 4 rings (SSSR count). The third-order valence-corrected chi connectivity index (χ3v) is 6.76. The molecule has 2 saturated heterocycles. The number of likely N-dealkylation sites (N-methyl/N-ethyl adjacent to an activating group) is 1. The van der Waals surface area contributed by atoms with Crippen LogP contribution in [0.4, 0.5) is 5.69 Å². The molecular formula is C22H28N4O4. The highest BCUT2D eigenvalue weighted by Gasteiger charge is 2.47. The van der Waals surface area contributed by atoms with E-state index in [1.807, 2.05) is 0 Å². The van der Waals surface area contributed by atoms with Crippen molar-refractivity contribution in [1.29, 1.82) is 0 Å². The average Bonchev–Trinajstić information content (AvgIpc) is 2.67. The summed E-state index contributed by atoms with van der Waals surface area (Å²) in [5.74, 6) is -0.511. The van der Waals surface area contributed by atoms with E-state index in [1.54, 1.807) is 18.2 Å². The summed E-state index contributed by atoms with van der Waals surface area (Å²) < 4.78 is 0. The number of rotatable bonds is 7. The molecule has 160 valence electrons. The molecule has 3 amide bonds. The van der Waals surface area contributed by atoms with Gasteiger partial charge in [0.2, 0.25) is 11.8 Å². The third-order valence-electron chi connectivity index (χ3n) is 6.76. The van der Waals surface area contributed by atoms with Gasteiger partial charge in [0.05, 0.1) is 11.1 Å². The van der Waals surface area contributed by atoms with Crippen molar-refractivity contribution in [2.24, 2.45) is 11.3 Å². The van der Waals surface area contributed by atoms with E-state index < -0.39 is 17.9 Å². The van der Waals surface area contributed by atoms with Crippen LogP contribution in [0.25, 0.3) is 0 Å². The highest BCUT2D eigenvalue weighted by atomic mass is 16.2. The van der Waals surface area contributed by atoms with E-state index >= 15 is 0 Å². The molecule has 0 bridgehead atoms. The number of anilines is 1. The van der Waals surface area contributed by atoms with Gasteiger partial charge in [-0.1, -0.05) is 6.07 Å². The zero-order valence-corrected chi connectivity index (χ0v) is 17.2.